The molecular weight excluding hydrogens is 435 g/mol. The van der Waals surface area contributed by atoms with Gasteiger partial charge in [0, 0.05) is 19.6 Å². The highest BCUT2D eigenvalue weighted by molar-refractivity contribution is 6.03. The Labute approximate surface area is 190 Å². The molecule has 2 aliphatic rings. The molecular formula is C22H28F3N7O. The van der Waals surface area contributed by atoms with Crippen LogP contribution in [0.2, 0.25) is 0 Å². The van der Waals surface area contributed by atoms with Crippen LogP contribution in [0.1, 0.15) is 37.9 Å². The molecule has 178 valence electrons. The topological polar surface area (TPSA) is 108 Å². The van der Waals surface area contributed by atoms with Gasteiger partial charge >= 0.3 is 0 Å². The first kappa shape index (κ1) is 23.2. The fraction of sp³-hybridized carbons (Fsp3) is 0.500. The van der Waals surface area contributed by atoms with Crippen LogP contribution in [0.25, 0.3) is 0 Å². The number of carbonyl (C=O) groups is 1. The largest absolute Gasteiger partial charge is 0.351 e. The number of aromatic nitrogens is 2. The monoisotopic (exact) mass is 463 g/mol. The molecule has 1 aliphatic carbocycles. The van der Waals surface area contributed by atoms with Crippen LogP contribution >= 0.6 is 0 Å². The van der Waals surface area contributed by atoms with E-state index in [2.05, 4.69) is 25.9 Å². The van der Waals surface area contributed by atoms with Gasteiger partial charge in [0.25, 0.3) is 0 Å². The third-order valence-electron chi connectivity index (χ3n) is 6.21. The van der Waals surface area contributed by atoms with E-state index < -0.39 is 23.1 Å². The predicted molar refractivity (Wildman–Crippen MR) is 119 cm³/mol. The van der Waals surface area contributed by atoms with Crippen molar-refractivity contribution in [3.8, 4) is 0 Å². The van der Waals surface area contributed by atoms with Crippen molar-refractivity contribution >= 4 is 23.4 Å². The van der Waals surface area contributed by atoms with Gasteiger partial charge in [-0.3, -0.25) is 10.1 Å². The zero-order valence-electron chi connectivity index (χ0n) is 19.0. The lowest BCUT2D eigenvalue weighted by Crippen LogP contribution is -2.65. The van der Waals surface area contributed by atoms with Crippen LogP contribution in [-0.2, 0) is 11.3 Å². The summed E-state index contributed by atoms with van der Waals surface area (Å²) in [5, 5.41) is 9.27. The maximum atomic E-state index is 13.4. The van der Waals surface area contributed by atoms with E-state index in [1.165, 1.54) is 0 Å². The number of anilines is 3. The van der Waals surface area contributed by atoms with E-state index in [0.717, 1.165) is 12.1 Å². The molecule has 0 radical (unpaired) electrons. The number of nitrogens with one attached hydrogen (secondary N) is 3. The molecule has 1 atom stereocenters. The lowest BCUT2D eigenvalue weighted by Gasteiger charge is -2.46. The van der Waals surface area contributed by atoms with E-state index in [0.29, 0.717) is 36.0 Å². The van der Waals surface area contributed by atoms with Gasteiger partial charge in [-0.25, -0.2) is 18.2 Å². The Bertz CT molecular complexity index is 1060. The first-order chi connectivity index (χ1) is 15.5. The SMILES string of the molecule is Cc1nc(N[C@H]2C[C@](N)(NCc3cc(F)c(F)c(F)c3)C2)nc2c1NC(=O)C(C(C)C)N2C. The molecule has 1 fully saturated rings. The number of halogens is 3. The lowest BCUT2D eigenvalue weighted by atomic mass is 9.80. The summed E-state index contributed by atoms with van der Waals surface area (Å²) in [6.45, 7) is 5.88. The second-order valence-corrected chi connectivity index (χ2v) is 9.25. The third-order valence-corrected chi connectivity index (χ3v) is 6.21. The Morgan fingerprint density at radius 2 is 1.88 bits per heavy atom. The van der Waals surface area contributed by atoms with Crippen LogP contribution in [0.5, 0.6) is 0 Å². The highest BCUT2D eigenvalue weighted by atomic mass is 19.2. The molecule has 1 unspecified atom stereocenters. The molecule has 5 N–H and O–H groups in total. The van der Waals surface area contributed by atoms with Crippen molar-refractivity contribution in [1.82, 2.24) is 15.3 Å². The van der Waals surface area contributed by atoms with Crippen molar-refractivity contribution in [1.29, 1.82) is 0 Å². The molecule has 0 spiro atoms. The molecule has 1 aliphatic heterocycles. The van der Waals surface area contributed by atoms with Crippen LogP contribution in [0, 0.1) is 30.3 Å². The van der Waals surface area contributed by atoms with E-state index in [1.54, 1.807) is 0 Å². The molecule has 2 aromatic rings. The van der Waals surface area contributed by atoms with Crippen LogP contribution in [-0.4, -0.2) is 40.7 Å². The number of aryl methyl sites for hydroxylation is 1. The highest BCUT2D eigenvalue weighted by Crippen LogP contribution is 2.35. The Kier molecular flexibility index (Phi) is 5.95. The number of fused-ring (bicyclic) bond motifs is 1. The summed E-state index contributed by atoms with van der Waals surface area (Å²) in [6, 6.07) is 1.57. The number of nitrogens with zero attached hydrogens (tertiary/aromatic N) is 3. The van der Waals surface area contributed by atoms with Crippen LogP contribution in [0.4, 0.5) is 30.6 Å². The Balaban J connectivity index is 1.39. The second kappa shape index (κ2) is 8.45. The van der Waals surface area contributed by atoms with Crippen molar-refractivity contribution in [3.05, 3.63) is 40.8 Å². The Morgan fingerprint density at radius 1 is 1.24 bits per heavy atom. The number of rotatable bonds is 6. The molecule has 1 aromatic carbocycles. The van der Waals surface area contributed by atoms with Gasteiger partial charge in [-0.1, -0.05) is 13.8 Å². The minimum Gasteiger partial charge on any atom is -0.351 e. The number of likely N-dealkylation sites (N-methyl/N-ethyl adjacent to an activating group) is 1. The summed E-state index contributed by atoms with van der Waals surface area (Å²) >= 11 is 0. The fourth-order valence-corrected chi connectivity index (χ4v) is 4.52. The zero-order chi connectivity index (χ0) is 24.1. The van der Waals surface area contributed by atoms with Crippen LogP contribution in [0.15, 0.2) is 12.1 Å². The van der Waals surface area contributed by atoms with Crippen LogP contribution < -0.4 is 26.6 Å². The molecule has 1 amide bonds. The summed E-state index contributed by atoms with van der Waals surface area (Å²) in [5.41, 5.74) is 7.11. The van der Waals surface area contributed by atoms with Crippen molar-refractivity contribution < 1.29 is 18.0 Å². The summed E-state index contributed by atoms with van der Waals surface area (Å²) in [5.74, 6) is -2.83. The van der Waals surface area contributed by atoms with Gasteiger partial charge in [0.15, 0.2) is 23.3 Å². The van der Waals surface area contributed by atoms with Gasteiger partial charge < -0.3 is 21.3 Å². The van der Waals surface area contributed by atoms with E-state index >= 15 is 0 Å². The average molecular weight is 464 g/mol. The predicted octanol–water partition coefficient (Wildman–Crippen LogP) is 2.63. The maximum absolute atomic E-state index is 13.4. The summed E-state index contributed by atoms with van der Waals surface area (Å²) in [6.07, 6.45) is 1.06. The molecule has 1 aromatic heterocycles. The number of nitrogens with two attached hydrogens (primary N) is 1. The van der Waals surface area contributed by atoms with Gasteiger partial charge in [-0.05, 0) is 43.4 Å². The Morgan fingerprint density at radius 3 is 2.48 bits per heavy atom. The standard InChI is InChI=1S/C22H28F3N7O/c1-10(2)18-20(33)30-17-11(3)28-21(31-19(17)32(18)4)29-13-7-22(26,8-13)27-9-12-5-14(23)16(25)15(24)6-12/h5-6,10,13,18,27H,7-9,26H2,1-4H3,(H,30,33)(H,28,29,31)/t13-,18?,22-. The number of hydrogen-bond donors (Lipinski definition) is 4. The molecule has 0 bridgehead atoms. The summed E-state index contributed by atoms with van der Waals surface area (Å²) < 4.78 is 39.9. The molecule has 0 saturated heterocycles. The number of amides is 1. The molecule has 33 heavy (non-hydrogen) atoms. The van der Waals surface area contributed by atoms with Gasteiger partial charge in [0.05, 0.1) is 11.4 Å². The highest BCUT2D eigenvalue weighted by Gasteiger charge is 2.41. The number of carbonyl (C=O) groups excluding carboxylic acids is 1. The van der Waals surface area contributed by atoms with Crippen molar-refractivity contribution in [2.45, 2.75) is 57.9 Å². The number of hydrogen-bond acceptors (Lipinski definition) is 7. The van der Waals surface area contributed by atoms with Crippen molar-refractivity contribution in [2.75, 3.05) is 22.6 Å². The lowest BCUT2D eigenvalue weighted by molar-refractivity contribution is -0.118. The normalized spacial score (nSPS) is 24.4. The van der Waals surface area contributed by atoms with Crippen molar-refractivity contribution in [3.63, 3.8) is 0 Å². The first-order valence-electron chi connectivity index (χ1n) is 10.8. The maximum Gasteiger partial charge on any atom is 0.247 e. The van der Waals surface area contributed by atoms with E-state index in [1.807, 2.05) is 32.7 Å². The average Bonchev–Trinajstić information content (AvgIpc) is 2.70. The molecule has 8 nitrogen and oxygen atoms in total. The quantitative estimate of drug-likeness (QED) is 0.385. The minimum absolute atomic E-state index is 0.00831. The summed E-state index contributed by atoms with van der Waals surface area (Å²) in [4.78, 5) is 23.4. The smallest absolute Gasteiger partial charge is 0.247 e. The fourth-order valence-electron chi connectivity index (χ4n) is 4.52. The van der Waals surface area contributed by atoms with Crippen LogP contribution in [0.3, 0.4) is 0 Å². The third kappa shape index (κ3) is 4.47. The molecule has 2 heterocycles. The first-order valence-corrected chi connectivity index (χ1v) is 10.8. The zero-order valence-corrected chi connectivity index (χ0v) is 19.0. The molecule has 4 rings (SSSR count). The van der Waals surface area contributed by atoms with E-state index in [-0.39, 0.29) is 36.0 Å². The molecule has 11 heteroatoms. The van der Waals surface area contributed by atoms with Crippen molar-refractivity contribution in [2.24, 2.45) is 11.7 Å². The van der Waals surface area contributed by atoms with Gasteiger partial charge in [0.1, 0.15) is 11.7 Å². The summed E-state index contributed by atoms with van der Waals surface area (Å²) in [7, 11) is 1.84. The van der Waals surface area contributed by atoms with Gasteiger partial charge in [-0.15, -0.1) is 0 Å². The minimum atomic E-state index is -1.49. The van der Waals surface area contributed by atoms with E-state index in [9.17, 15) is 18.0 Å². The van der Waals surface area contributed by atoms with Gasteiger partial charge in [-0.2, -0.15) is 4.98 Å². The van der Waals surface area contributed by atoms with E-state index in [4.69, 9.17) is 5.73 Å². The van der Waals surface area contributed by atoms with Gasteiger partial charge in [0.2, 0.25) is 11.9 Å². The Hall–Kier alpha value is -2.92. The molecule has 1 saturated carbocycles. The second-order valence-electron chi connectivity index (χ2n) is 9.25. The number of benzene rings is 1.